The van der Waals surface area contributed by atoms with Crippen LogP contribution in [0.15, 0.2) is 0 Å². The zero-order valence-corrected chi connectivity index (χ0v) is 10.6. The summed E-state index contributed by atoms with van der Waals surface area (Å²) in [6, 6.07) is 0. The van der Waals surface area contributed by atoms with Crippen LogP contribution in [0.2, 0.25) is 0 Å². The lowest BCUT2D eigenvalue weighted by atomic mass is 9.89. The van der Waals surface area contributed by atoms with Gasteiger partial charge in [0.15, 0.2) is 0 Å². The van der Waals surface area contributed by atoms with Gasteiger partial charge in [0, 0.05) is 4.75 Å². The van der Waals surface area contributed by atoms with Gasteiger partial charge in [0.25, 0.3) is 0 Å². The molecule has 1 fully saturated rings. The Hall–Kier alpha value is 0.310. The third-order valence-electron chi connectivity index (χ3n) is 3.36. The normalized spacial score (nSPS) is 31.7. The van der Waals surface area contributed by atoms with Gasteiger partial charge in [-0.25, -0.2) is 0 Å². The molecular weight excluding hydrogens is 192 g/mol. The second-order valence-electron chi connectivity index (χ2n) is 4.91. The largest absolute Gasteiger partial charge is 0.392 e. The molecule has 1 heterocycles. The smallest absolute Gasteiger partial charge is 0.0686 e. The molecule has 3 atom stereocenters. The first-order valence-electron chi connectivity index (χ1n) is 5.90. The van der Waals surface area contributed by atoms with E-state index in [-0.39, 0.29) is 10.9 Å². The van der Waals surface area contributed by atoms with Crippen molar-refractivity contribution in [1.29, 1.82) is 0 Å². The summed E-state index contributed by atoms with van der Waals surface area (Å²) >= 11 is 1.96. The van der Waals surface area contributed by atoms with Gasteiger partial charge < -0.3 is 5.11 Å². The highest BCUT2D eigenvalue weighted by Gasteiger charge is 2.37. The van der Waals surface area contributed by atoms with Gasteiger partial charge in [-0.3, -0.25) is 0 Å². The number of hydrogen-bond acceptors (Lipinski definition) is 2. The van der Waals surface area contributed by atoms with Gasteiger partial charge in [-0.05, 0) is 37.9 Å². The standard InChI is InChI=1S/C12H24OS/c1-4-6-10(2)9-11(13)12(3)7-5-8-14-12/h10-11,13H,4-9H2,1-3H3. The summed E-state index contributed by atoms with van der Waals surface area (Å²) in [6.07, 6.45) is 5.84. The summed E-state index contributed by atoms with van der Waals surface area (Å²) in [5.41, 5.74) is 0. The van der Waals surface area contributed by atoms with Crippen LogP contribution in [0.5, 0.6) is 0 Å². The number of thioether (sulfide) groups is 1. The van der Waals surface area contributed by atoms with Crippen LogP contribution in [-0.4, -0.2) is 21.7 Å². The fraction of sp³-hybridized carbons (Fsp3) is 1.00. The van der Waals surface area contributed by atoms with Gasteiger partial charge in [-0.1, -0.05) is 26.7 Å². The van der Waals surface area contributed by atoms with Gasteiger partial charge >= 0.3 is 0 Å². The van der Waals surface area contributed by atoms with Crippen LogP contribution in [0, 0.1) is 5.92 Å². The summed E-state index contributed by atoms with van der Waals surface area (Å²) in [6.45, 7) is 6.71. The molecule has 0 spiro atoms. The lowest BCUT2D eigenvalue weighted by Crippen LogP contribution is -2.34. The third-order valence-corrected chi connectivity index (χ3v) is 4.99. The minimum absolute atomic E-state index is 0.100. The highest BCUT2D eigenvalue weighted by molar-refractivity contribution is 8.00. The maximum atomic E-state index is 10.2. The Morgan fingerprint density at radius 3 is 2.71 bits per heavy atom. The van der Waals surface area contributed by atoms with E-state index in [1.807, 2.05) is 11.8 Å². The molecule has 0 radical (unpaired) electrons. The van der Waals surface area contributed by atoms with Crippen LogP contribution in [0.25, 0.3) is 0 Å². The van der Waals surface area contributed by atoms with Crippen LogP contribution < -0.4 is 0 Å². The van der Waals surface area contributed by atoms with Crippen molar-refractivity contribution in [3.05, 3.63) is 0 Å². The Balaban J connectivity index is 2.36. The van der Waals surface area contributed by atoms with Gasteiger partial charge in [-0.15, -0.1) is 0 Å². The van der Waals surface area contributed by atoms with E-state index in [4.69, 9.17) is 0 Å². The van der Waals surface area contributed by atoms with Crippen LogP contribution in [0.4, 0.5) is 0 Å². The van der Waals surface area contributed by atoms with E-state index >= 15 is 0 Å². The first kappa shape index (κ1) is 12.4. The van der Waals surface area contributed by atoms with Crippen molar-refractivity contribution in [2.45, 2.75) is 63.7 Å². The zero-order valence-electron chi connectivity index (χ0n) is 9.75. The van der Waals surface area contributed by atoms with E-state index in [0.717, 1.165) is 6.42 Å². The summed E-state index contributed by atoms with van der Waals surface area (Å²) in [5, 5.41) is 10.2. The second kappa shape index (κ2) is 5.41. The SMILES string of the molecule is CCCC(C)CC(O)C1(C)CCCS1. The Morgan fingerprint density at radius 1 is 1.50 bits per heavy atom. The van der Waals surface area contributed by atoms with Gasteiger partial charge in [-0.2, -0.15) is 11.8 Å². The van der Waals surface area contributed by atoms with Crippen molar-refractivity contribution in [2.24, 2.45) is 5.92 Å². The van der Waals surface area contributed by atoms with E-state index in [1.165, 1.54) is 31.4 Å². The molecule has 14 heavy (non-hydrogen) atoms. The van der Waals surface area contributed by atoms with Gasteiger partial charge in [0.1, 0.15) is 0 Å². The quantitative estimate of drug-likeness (QED) is 0.759. The third kappa shape index (κ3) is 3.16. The highest BCUT2D eigenvalue weighted by atomic mass is 32.2. The molecule has 0 aromatic rings. The Labute approximate surface area is 92.7 Å². The Morgan fingerprint density at radius 2 is 2.21 bits per heavy atom. The summed E-state index contributed by atoms with van der Waals surface area (Å²) in [7, 11) is 0. The predicted molar refractivity (Wildman–Crippen MR) is 64.8 cm³/mol. The topological polar surface area (TPSA) is 20.2 Å². The van der Waals surface area contributed by atoms with Gasteiger partial charge in [0.05, 0.1) is 6.10 Å². The number of aliphatic hydroxyl groups is 1. The molecule has 2 heteroatoms. The first-order valence-corrected chi connectivity index (χ1v) is 6.89. The summed E-state index contributed by atoms with van der Waals surface area (Å²) < 4.78 is 0.155. The lowest BCUT2D eigenvalue weighted by molar-refractivity contribution is 0.106. The fourth-order valence-corrected chi connectivity index (χ4v) is 3.64. The highest BCUT2D eigenvalue weighted by Crippen LogP contribution is 2.42. The molecular formula is C12H24OS. The maximum Gasteiger partial charge on any atom is 0.0686 e. The molecule has 0 aromatic carbocycles. The minimum atomic E-state index is -0.100. The molecule has 0 aliphatic carbocycles. The Bertz CT molecular complexity index is 164. The fourth-order valence-electron chi connectivity index (χ4n) is 2.30. The number of aliphatic hydroxyl groups excluding tert-OH is 1. The van der Waals surface area contributed by atoms with E-state index in [0.29, 0.717) is 5.92 Å². The van der Waals surface area contributed by atoms with Crippen molar-refractivity contribution in [1.82, 2.24) is 0 Å². The number of rotatable bonds is 5. The second-order valence-corrected chi connectivity index (χ2v) is 6.54. The average molecular weight is 216 g/mol. The molecule has 1 nitrogen and oxygen atoms in total. The Kier molecular flexibility index (Phi) is 4.78. The number of hydrogen-bond donors (Lipinski definition) is 1. The van der Waals surface area contributed by atoms with E-state index in [9.17, 15) is 5.11 Å². The molecule has 1 saturated heterocycles. The van der Waals surface area contributed by atoms with Crippen LogP contribution in [-0.2, 0) is 0 Å². The van der Waals surface area contributed by atoms with Gasteiger partial charge in [0.2, 0.25) is 0 Å². The minimum Gasteiger partial charge on any atom is -0.392 e. The maximum absolute atomic E-state index is 10.2. The molecule has 1 rings (SSSR count). The molecule has 0 aromatic heterocycles. The molecule has 0 bridgehead atoms. The lowest BCUT2D eigenvalue weighted by Gasteiger charge is -2.30. The van der Waals surface area contributed by atoms with E-state index in [2.05, 4.69) is 20.8 Å². The van der Waals surface area contributed by atoms with Crippen LogP contribution in [0.3, 0.4) is 0 Å². The molecule has 0 amide bonds. The first-order chi connectivity index (χ1) is 6.58. The summed E-state index contributed by atoms with van der Waals surface area (Å²) in [5.74, 6) is 1.91. The molecule has 0 saturated carbocycles. The van der Waals surface area contributed by atoms with Crippen LogP contribution in [0.1, 0.15) is 52.9 Å². The van der Waals surface area contributed by atoms with E-state index in [1.54, 1.807) is 0 Å². The van der Waals surface area contributed by atoms with Crippen molar-refractivity contribution in [3.8, 4) is 0 Å². The van der Waals surface area contributed by atoms with E-state index < -0.39 is 0 Å². The average Bonchev–Trinajstić information content (AvgIpc) is 2.54. The van der Waals surface area contributed by atoms with Crippen molar-refractivity contribution in [3.63, 3.8) is 0 Å². The predicted octanol–water partition coefficient (Wildman–Crippen LogP) is 3.46. The van der Waals surface area contributed by atoms with Crippen molar-refractivity contribution < 1.29 is 5.11 Å². The zero-order chi connectivity index (χ0) is 10.6. The molecule has 1 N–H and O–H groups in total. The van der Waals surface area contributed by atoms with Crippen LogP contribution >= 0.6 is 11.8 Å². The molecule has 3 unspecified atom stereocenters. The van der Waals surface area contributed by atoms with Crippen molar-refractivity contribution >= 4 is 11.8 Å². The molecule has 1 aliphatic rings. The molecule has 84 valence electrons. The molecule has 1 aliphatic heterocycles. The summed E-state index contributed by atoms with van der Waals surface area (Å²) in [4.78, 5) is 0. The monoisotopic (exact) mass is 216 g/mol. The van der Waals surface area contributed by atoms with Crippen molar-refractivity contribution in [2.75, 3.05) is 5.75 Å².